The molecule has 0 saturated carbocycles. The van der Waals surface area contributed by atoms with Crippen molar-refractivity contribution >= 4 is 26.0 Å². The summed E-state index contributed by atoms with van der Waals surface area (Å²) < 4.78 is 2.75. The number of hydrogen-bond donors (Lipinski definition) is 0. The van der Waals surface area contributed by atoms with Crippen molar-refractivity contribution in [1.82, 2.24) is 0 Å². The molecule has 54 heavy (non-hydrogen) atoms. The third-order valence-corrected chi connectivity index (χ3v) is 22.9. The fourth-order valence-electron chi connectivity index (χ4n) is 10.5. The number of fused-ring (bicyclic) bond motifs is 7. The summed E-state index contributed by atoms with van der Waals surface area (Å²) in [5.74, 6) is 0. The van der Waals surface area contributed by atoms with Crippen LogP contribution in [0.15, 0.2) is 96.6 Å². The van der Waals surface area contributed by atoms with E-state index in [4.69, 9.17) is 0 Å². The number of aryl methyl sites for hydroxylation is 2. The van der Waals surface area contributed by atoms with Crippen LogP contribution in [0.25, 0.3) is 22.8 Å². The molecule has 0 heterocycles. The zero-order chi connectivity index (χ0) is 36.4. The first kappa shape index (κ1) is 41.1. The van der Waals surface area contributed by atoms with Crippen molar-refractivity contribution in [2.45, 2.75) is 119 Å². The molecule has 0 aliphatic heterocycles. The first-order valence-corrected chi connectivity index (χ1v) is 24.4. The molecule has 0 spiro atoms. The Kier molecular flexibility index (Phi) is 12.3. The third-order valence-electron chi connectivity index (χ3n) is 13.0. The van der Waals surface area contributed by atoms with E-state index < -0.39 is 21.3 Å². The summed E-state index contributed by atoms with van der Waals surface area (Å²) in [6.07, 6.45) is 29.2. The van der Waals surface area contributed by atoms with Gasteiger partial charge in [0.2, 0.25) is 0 Å². The smallest absolute Gasteiger partial charge is 1.00 e. The Morgan fingerprint density at radius 3 is 1.89 bits per heavy atom. The van der Waals surface area contributed by atoms with E-state index in [1.165, 1.54) is 71.6 Å². The molecule has 3 heteroatoms. The molecule has 0 fully saturated rings. The average Bonchev–Trinajstić information content (AvgIpc) is 3.91. The van der Waals surface area contributed by atoms with Gasteiger partial charge in [0.15, 0.2) is 0 Å². The summed E-state index contributed by atoms with van der Waals surface area (Å²) in [4.78, 5) is 0. The molecule has 0 bridgehead atoms. The van der Waals surface area contributed by atoms with Gasteiger partial charge in [0, 0.05) is 0 Å². The summed E-state index contributed by atoms with van der Waals surface area (Å²) >= 11 is -2.71. The summed E-state index contributed by atoms with van der Waals surface area (Å²) in [5.41, 5.74) is 18.9. The molecule has 5 aliphatic carbocycles. The fourth-order valence-corrected chi connectivity index (χ4v) is 20.8. The van der Waals surface area contributed by atoms with Crippen molar-refractivity contribution in [3.63, 3.8) is 0 Å². The van der Waals surface area contributed by atoms with Crippen molar-refractivity contribution in [2.75, 3.05) is 0 Å². The first-order chi connectivity index (χ1) is 25.0. The molecular weight excluding hydrogens is 775 g/mol. The van der Waals surface area contributed by atoms with Gasteiger partial charge in [-0.05, 0) is 0 Å². The predicted octanol–water partition coefficient (Wildman–Crippen LogP) is 5.93. The Morgan fingerprint density at radius 1 is 0.759 bits per heavy atom. The zero-order valence-electron chi connectivity index (χ0n) is 33.8. The van der Waals surface area contributed by atoms with Crippen LogP contribution in [0.2, 0.25) is 7.25 Å². The Balaban J connectivity index is 0.00000249. The van der Waals surface area contributed by atoms with Crippen molar-refractivity contribution in [3.05, 3.63) is 152 Å². The van der Waals surface area contributed by atoms with E-state index in [0.717, 1.165) is 12.8 Å². The molecule has 3 aromatic rings. The Labute approximate surface area is 346 Å². The normalized spacial score (nSPS) is 19.3. The Hall–Kier alpha value is -2.57. The van der Waals surface area contributed by atoms with E-state index in [9.17, 15) is 0 Å². The van der Waals surface area contributed by atoms with Gasteiger partial charge >= 0.3 is 324 Å². The van der Waals surface area contributed by atoms with Gasteiger partial charge in [-0.25, -0.2) is 0 Å². The minimum atomic E-state index is -2.71. The second kappa shape index (κ2) is 16.1. The van der Waals surface area contributed by atoms with E-state index in [1.54, 1.807) is 47.4 Å². The van der Waals surface area contributed by atoms with Crippen LogP contribution in [0.3, 0.4) is 0 Å². The van der Waals surface area contributed by atoms with Crippen LogP contribution in [0, 0.1) is 5.41 Å². The molecule has 5 aliphatic rings. The zero-order valence-corrected chi connectivity index (χ0v) is 37.8. The van der Waals surface area contributed by atoms with E-state index in [0.29, 0.717) is 7.25 Å². The van der Waals surface area contributed by atoms with Gasteiger partial charge in [-0.15, -0.1) is 0 Å². The number of rotatable bonds is 10. The van der Waals surface area contributed by atoms with Crippen molar-refractivity contribution < 1.29 is 46.1 Å². The molecule has 0 saturated heterocycles. The second-order valence-electron chi connectivity index (χ2n) is 17.7. The van der Waals surface area contributed by atoms with E-state index in [-0.39, 0.29) is 35.6 Å². The number of unbranched alkanes of at least 4 members (excludes halogenated alkanes) is 2. The standard InChI is InChI=1S/C25H27.C21H26.C5H5.2ClH.Zr/c1-14-7-8-17-20(14)22-18(23-21(17)15(2)12-25(23,5)6)11-16-9-10-24(3,4)13-19(16)22;1-3-5-7-18-9-13-20(14-10-18)17-21-15-11-19(12-16-21)8-6-4-2;1-2-4-5-3-1;;;/h7-10,12H,11,13H2,1-6H3;9-16H,3-8H2,1-2H3;1-5H;2*1H;/q;;;;;+2/p-2. The van der Waals surface area contributed by atoms with Crippen molar-refractivity contribution in [3.8, 4) is 0 Å². The molecule has 0 radical (unpaired) electrons. The summed E-state index contributed by atoms with van der Waals surface area (Å²) in [6, 6.07) is 19.8. The number of benzene rings is 3. The average molecular weight is 833 g/mol. The molecule has 280 valence electrons. The van der Waals surface area contributed by atoms with Gasteiger partial charge < -0.3 is 24.8 Å². The van der Waals surface area contributed by atoms with Crippen molar-refractivity contribution in [1.29, 1.82) is 0 Å². The topological polar surface area (TPSA) is 0 Å². The minimum Gasteiger partial charge on any atom is -1.00 e. The maximum atomic E-state index is 2.65. The molecule has 0 N–H and O–H groups in total. The first-order valence-electron chi connectivity index (χ1n) is 20.3. The summed E-state index contributed by atoms with van der Waals surface area (Å²) in [5, 5.41) is 3.12. The molecule has 0 nitrogen and oxygen atoms in total. The van der Waals surface area contributed by atoms with Crippen molar-refractivity contribution in [2.24, 2.45) is 5.41 Å². The quantitative estimate of drug-likeness (QED) is 0.238. The van der Waals surface area contributed by atoms with Gasteiger partial charge in [0.1, 0.15) is 0 Å². The van der Waals surface area contributed by atoms with Gasteiger partial charge in [-0.2, -0.15) is 0 Å². The monoisotopic (exact) mass is 830 g/mol. The molecule has 0 aromatic heterocycles. The Morgan fingerprint density at radius 2 is 1.33 bits per heavy atom. The van der Waals surface area contributed by atoms with E-state index in [1.807, 2.05) is 0 Å². The molecule has 1 atom stereocenters. The van der Waals surface area contributed by atoms with Crippen LogP contribution in [0.5, 0.6) is 0 Å². The second-order valence-corrected chi connectivity index (χ2v) is 24.2. The molecular formula is C51H58Cl2Zr. The van der Waals surface area contributed by atoms with Crippen LogP contribution in [0.4, 0.5) is 0 Å². The minimum absolute atomic E-state index is 0. The molecule has 1 unspecified atom stereocenters. The number of halogens is 2. The van der Waals surface area contributed by atoms with Crippen LogP contribution in [-0.4, -0.2) is 3.21 Å². The van der Waals surface area contributed by atoms with Crippen LogP contribution in [0.1, 0.15) is 132 Å². The van der Waals surface area contributed by atoms with Crippen LogP contribution < -0.4 is 35.3 Å². The SMILES string of the molecule is CCCCc1ccc([C](c2ccc(CCCC)cc2)=[Zr+2]([CH]2C=CC=C2)[CH]2C(C)=c3c(c4c(c5c3=CC=C5C)C3=C(C=CC(C)(C)C3)C4)C2(C)C)cc1.[Cl-].[Cl-]. The van der Waals surface area contributed by atoms with E-state index in [2.05, 4.69) is 153 Å². The largest absolute Gasteiger partial charge is 1.00 e. The molecule has 8 rings (SSSR count). The number of hydrogen-bond acceptors (Lipinski definition) is 0. The fraction of sp³-hybridized carbons (Fsp3) is 0.392. The maximum absolute atomic E-state index is 2.71. The van der Waals surface area contributed by atoms with Gasteiger partial charge in [-0.1, -0.05) is 0 Å². The summed E-state index contributed by atoms with van der Waals surface area (Å²) in [7, 11) is 0. The molecule has 0 amide bonds. The molecule has 3 aromatic carbocycles. The predicted molar refractivity (Wildman–Crippen MR) is 223 cm³/mol. The number of allylic oxidation sites excluding steroid dienone is 10. The summed E-state index contributed by atoms with van der Waals surface area (Å²) in [6.45, 7) is 19.6. The van der Waals surface area contributed by atoms with Gasteiger partial charge in [-0.3, -0.25) is 0 Å². The van der Waals surface area contributed by atoms with Crippen LogP contribution >= 0.6 is 0 Å². The van der Waals surface area contributed by atoms with E-state index >= 15 is 0 Å². The Bertz CT molecular complexity index is 2200. The third kappa shape index (κ3) is 7.03. The maximum Gasteiger partial charge on any atom is -1.00 e. The van der Waals surface area contributed by atoms with Gasteiger partial charge in [0.05, 0.1) is 0 Å². The van der Waals surface area contributed by atoms with Crippen LogP contribution in [-0.2, 0) is 45.9 Å². The van der Waals surface area contributed by atoms with Gasteiger partial charge in [0.25, 0.3) is 0 Å².